The number of hydrogen-bond acceptors (Lipinski definition) is 4. The normalized spacial score (nSPS) is 14.7. The lowest BCUT2D eigenvalue weighted by Gasteiger charge is -2.29. The minimum atomic E-state index is -1.30. The molecule has 1 amide bonds. The number of benzene rings is 1. The van der Waals surface area contributed by atoms with E-state index in [0.717, 1.165) is 6.07 Å². The van der Waals surface area contributed by atoms with Crippen molar-refractivity contribution in [2.45, 2.75) is 32.0 Å². The Morgan fingerprint density at radius 1 is 1.21 bits per heavy atom. The standard InChI is InChI=1S/C17H16ClF3N4O3/c18-16-15(17(27)28)23-13-7-24(1-2-25(13)16)14(26)5-9(22)3-8-4-11(20)12(21)6-10(8)19/h4,6,9H,1-3,5,7,22H2,(H,27,28)/t9-/m1/s1. The number of rotatable bonds is 5. The largest absolute Gasteiger partial charge is 0.476 e. The van der Waals surface area contributed by atoms with Crippen LogP contribution < -0.4 is 5.73 Å². The minimum Gasteiger partial charge on any atom is -0.476 e. The van der Waals surface area contributed by atoms with Crippen LogP contribution in [0.2, 0.25) is 5.15 Å². The molecular weight excluding hydrogens is 401 g/mol. The third kappa shape index (κ3) is 3.97. The molecule has 0 spiro atoms. The zero-order valence-corrected chi connectivity index (χ0v) is 15.2. The first-order valence-corrected chi connectivity index (χ1v) is 8.70. The maximum atomic E-state index is 13.7. The smallest absolute Gasteiger partial charge is 0.357 e. The van der Waals surface area contributed by atoms with Gasteiger partial charge < -0.3 is 20.3 Å². The van der Waals surface area contributed by atoms with Gasteiger partial charge in [-0.05, 0) is 18.1 Å². The van der Waals surface area contributed by atoms with Crippen LogP contribution in [-0.2, 0) is 24.3 Å². The monoisotopic (exact) mass is 416 g/mol. The van der Waals surface area contributed by atoms with Gasteiger partial charge in [-0.2, -0.15) is 0 Å². The number of carbonyl (C=O) groups excluding carboxylic acids is 1. The number of carbonyl (C=O) groups is 2. The molecule has 28 heavy (non-hydrogen) atoms. The molecule has 0 saturated carbocycles. The molecular formula is C17H16ClF3N4O3. The van der Waals surface area contributed by atoms with E-state index < -0.39 is 29.5 Å². The maximum Gasteiger partial charge on any atom is 0.357 e. The molecule has 2 heterocycles. The Morgan fingerprint density at radius 2 is 1.89 bits per heavy atom. The summed E-state index contributed by atoms with van der Waals surface area (Å²) in [6, 6.07) is 0.349. The fraction of sp³-hybridized carbons (Fsp3) is 0.353. The average molecular weight is 417 g/mol. The Hall–Kier alpha value is -2.59. The van der Waals surface area contributed by atoms with Crippen molar-refractivity contribution >= 4 is 23.5 Å². The van der Waals surface area contributed by atoms with Crippen LogP contribution in [0, 0.1) is 17.5 Å². The van der Waals surface area contributed by atoms with Crippen molar-refractivity contribution in [2.24, 2.45) is 5.73 Å². The highest BCUT2D eigenvalue weighted by molar-refractivity contribution is 6.32. The zero-order chi connectivity index (χ0) is 20.6. The lowest BCUT2D eigenvalue weighted by Crippen LogP contribution is -2.41. The summed E-state index contributed by atoms with van der Waals surface area (Å²) in [5, 5.41) is 9.07. The van der Waals surface area contributed by atoms with Crippen LogP contribution in [0.5, 0.6) is 0 Å². The summed E-state index contributed by atoms with van der Waals surface area (Å²) in [6.07, 6.45) is -0.301. The zero-order valence-electron chi connectivity index (χ0n) is 14.5. The van der Waals surface area contributed by atoms with E-state index in [1.165, 1.54) is 9.47 Å². The molecule has 11 heteroatoms. The van der Waals surface area contributed by atoms with E-state index in [0.29, 0.717) is 11.9 Å². The van der Waals surface area contributed by atoms with Gasteiger partial charge in [0.15, 0.2) is 17.3 Å². The first kappa shape index (κ1) is 20.2. The SMILES string of the molecule is N[C@@H](CC(=O)N1CCn2c(nc(C(=O)O)c2Cl)C1)Cc1cc(F)c(F)cc1F. The van der Waals surface area contributed by atoms with E-state index in [4.69, 9.17) is 22.4 Å². The topological polar surface area (TPSA) is 101 Å². The maximum absolute atomic E-state index is 13.7. The molecule has 0 aliphatic carbocycles. The fourth-order valence-corrected chi connectivity index (χ4v) is 3.38. The molecule has 1 aliphatic heterocycles. The van der Waals surface area contributed by atoms with Gasteiger partial charge in [0.05, 0.1) is 6.54 Å². The van der Waals surface area contributed by atoms with Crippen molar-refractivity contribution in [1.29, 1.82) is 0 Å². The van der Waals surface area contributed by atoms with Crippen molar-refractivity contribution in [2.75, 3.05) is 6.54 Å². The lowest BCUT2D eigenvalue weighted by atomic mass is 10.0. The van der Waals surface area contributed by atoms with Crippen molar-refractivity contribution in [3.63, 3.8) is 0 Å². The fourth-order valence-electron chi connectivity index (χ4n) is 3.07. The van der Waals surface area contributed by atoms with E-state index in [1.807, 2.05) is 0 Å². The number of aromatic carboxylic acids is 1. The Labute approximate surface area is 162 Å². The van der Waals surface area contributed by atoms with Gasteiger partial charge >= 0.3 is 5.97 Å². The second-order valence-corrected chi connectivity index (χ2v) is 6.82. The third-order valence-electron chi connectivity index (χ3n) is 4.47. The molecule has 1 aliphatic rings. The molecule has 0 unspecified atom stereocenters. The van der Waals surface area contributed by atoms with E-state index in [1.54, 1.807) is 0 Å². The molecule has 0 fully saturated rings. The number of nitrogens with zero attached hydrogens (tertiary/aromatic N) is 3. The summed E-state index contributed by atoms with van der Waals surface area (Å²) in [6.45, 7) is 0.596. The highest BCUT2D eigenvalue weighted by Crippen LogP contribution is 2.23. The Bertz CT molecular complexity index is 950. The number of imidazole rings is 1. The van der Waals surface area contributed by atoms with Gasteiger partial charge in [-0.15, -0.1) is 0 Å². The Kier molecular flexibility index (Phi) is 5.61. The quantitative estimate of drug-likeness (QED) is 0.725. The highest BCUT2D eigenvalue weighted by Gasteiger charge is 2.28. The van der Waals surface area contributed by atoms with Crippen molar-refractivity contribution in [1.82, 2.24) is 14.5 Å². The van der Waals surface area contributed by atoms with Crippen LogP contribution in [0.25, 0.3) is 0 Å². The van der Waals surface area contributed by atoms with Crippen molar-refractivity contribution in [3.05, 3.63) is 51.8 Å². The van der Waals surface area contributed by atoms with Crippen LogP contribution in [0.1, 0.15) is 28.3 Å². The predicted molar refractivity (Wildman–Crippen MR) is 92.2 cm³/mol. The molecule has 3 rings (SSSR count). The Balaban J connectivity index is 1.65. The second kappa shape index (κ2) is 7.80. The molecule has 0 saturated heterocycles. The number of aromatic nitrogens is 2. The number of nitrogens with two attached hydrogens (primary N) is 1. The third-order valence-corrected chi connectivity index (χ3v) is 4.86. The van der Waals surface area contributed by atoms with Gasteiger partial charge in [0, 0.05) is 31.6 Å². The van der Waals surface area contributed by atoms with Gasteiger partial charge in [-0.1, -0.05) is 11.6 Å². The Morgan fingerprint density at radius 3 is 2.57 bits per heavy atom. The number of amides is 1. The number of hydrogen-bond donors (Lipinski definition) is 2. The van der Waals surface area contributed by atoms with Crippen LogP contribution in [0.4, 0.5) is 13.2 Å². The molecule has 3 N–H and O–H groups in total. The number of fused-ring (bicyclic) bond motifs is 1. The molecule has 0 radical (unpaired) electrons. The summed E-state index contributed by atoms with van der Waals surface area (Å²) in [5.74, 6) is -4.70. The molecule has 2 aromatic rings. The minimum absolute atomic E-state index is 0.000104. The van der Waals surface area contributed by atoms with Crippen LogP contribution in [-0.4, -0.2) is 44.0 Å². The van der Waals surface area contributed by atoms with E-state index >= 15 is 0 Å². The van der Waals surface area contributed by atoms with Crippen LogP contribution in [0.15, 0.2) is 12.1 Å². The van der Waals surface area contributed by atoms with Crippen molar-refractivity contribution in [3.8, 4) is 0 Å². The first-order chi connectivity index (χ1) is 13.2. The lowest BCUT2D eigenvalue weighted by molar-refractivity contribution is -0.133. The molecule has 7 nitrogen and oxygen atoms in total. The van der Waals surface area contributed by atoms with Crippen molar-refractivity contribution < 1.29 is 27.9 Å². The van der Waals surface area contributed by atoms with Gasteiger partial charge in [0.25, 0.3) is 0 Å². The molecule has 1 aromatic carbocycles. The summed E-state index contributed by atoms with van der Waals surface area (Å²) in [4.78, 5) is 29.0. The summed E-state index contributed by atoms with van der Waals surface area (Å²) in [7, 11) is 0. The van der Waals surface area contributed by atoms with Crippen LogP contribution >= 0.6 is 11.6 Å². The van der Waals surface area contributed by atoms with E-state index in [9.17, 15) is 22.8 Å². The van der Waals surface area contributed by atoms with E-state index in [-0.39, 0.29) is 54.8 Å². The number of carboxylic acid groups (broad SMARTS) is 1. The van der Waals surface area contributed by atoms with Gasteiger partial charge in [0.1, 0.15) is 16.8 Å². The van der Waals surface area contributed by atoms with Crippen LogP contribution in [0.3, 0.4) is 0 Å². The molecule has 1 aromatic heterocycles. The number of carboxylic acids is 1. The predicted octanol–water partition coefficient (Wildman–Crippen LogP) is 1.95. The van der Waals surface area contributed by atoms with Gasteiger partial charge in [-0.25, -0.2) is 22.9 Å². The first-order valence-electron chi connectivity index (χ1n) is 8.32. The van der Waals surface area contributed by atoms with Gasteiger partial charge in [-0.3, -0.25) is 4.79 Å². The molecule has 0 bridgehead atoms. The average Bonchev–Trinajstić information content (AvgIpc) is 2.96. The molecule has 1 atom stereocenters. The highest BCUT2D eigenvalue weighted by atomic mass is 35.5. The second-order valence-electron chi connectivity index (χ2n) is 6.47. The van der Waals surface area contributed by atoms with E-state index in [2.05, 4.69) is 4.98 Å². The molecule has 150 valence electrons. The number of halogens is 4. The van der Waals surface area contributed by atoms with Gasteiger partial charge in [0.2, 0.25) is 5.91 Å². The summed E-state index contributed by atoms with van der Waals surface area (Å²) < 4.78 is 41.5. The summed E-state index contributed by atoms with van der Waals surface area (Å²) in [5.41, 5.74) is 5.48. The summed E-state index contributed by atoms with van der Waals surface area (Å²) >= 11 is 5.98.